The number of hydrogen-bond donors (Lipinski definition) is 1. The fraction of sp³-hybridized carbons (Fsp3) is 0.667. The van der Waals surface area contributed by atoms with E-state index in [1.54, 1.807) is 21.8 Å². The van der Waals surface area contributed by atoms with Crippen molar-refractivity contribution in [3.8, 4) is 0 Å². The van der Waals surface area contributed by atoms with Crippen molar-refractivity contribution in [2.24, 2.45) is 5.92 Å². The Labute approximate surface area is 128 Å². The molecule has 1 unspecified atom stereocenters. The first-order chi connectivity index (χ1) is 10.6. The standard InChI is InChI=1S/C15H21N3O4/c19-14(17-7-4-11(5-8-17)15(20)21)12-6-9-18(16-12)13-3-1-2-10-22-13/h6,9,11,13H,1-5,7-8,10H2,(H,20,21). The van der Waals surface area contributed by atoms with Crippen molar-refractivity contribution in [2.45, 2.75) is 38.3 Å². The number of aromatic nitrogens is 2. The van der Waals surface area contributed by atoms with E-state index in [4.69, 9.17) is 9.84 Å². The zero-order valence-electron chi connectivity index (χ0n) is 12.5. The molecule has 2 fully saturated rings. The highest BCUT2D eigenvalue weighted by Gasteiger charge is 2.28. The smallest absolute Gasteiger partial charge is 0.306 e. The fourth-order valence-corrected chi connectivity index (χ4v) is 3.04. The highest BCUT2D eigenvalue weighted by Crippen LogP contribution is 2.23. The molecule has 1 atom stereocenters. The first-order valence-corrected chi connectivity index (χ1v) is 7.84. The van der Waals surface area contributed by atoms with Crippen molar-refractivity contribution in [2.75, 3.05) is 19.7 Å². The van der Waals surface area contributed by atoms with E-state index in [2.05, 4.69) is 5.10 Å². The fourth-order valence-electron chi connectivity index (χ4n) is 3.04. The van der Waals surface area contributed by atoms with Gasteiger partial charge in [-0.1, -0.05) is 0 Å². The third kappa shape index (κ3) is 3.14. The average molecular weight is 307 g/mol. The van der Waals surface area contributed by atoms with Crippen LogP contribution >= 0.6 is 0 Å². The molecule has 1 aromatic rings. The highest BCUT2D eigenvalue weighted by atomic mass is 16.5. The predicted molar refractivity (Wildman–Crippen MR) is 77.3 cm³/mol. The molecular formula is C15H21N3O4. The van der Waals surface area contributed by atoms with Crippen LogP contribution in [-0.4, -0.2) is 51.4 Å². The number of hydrogen-bond acceptors (Lipinski definition) is 4. The van der Waals surface area contributed by atoms with E-state index in [9.17, 15) is 9.59 Å². The summed E-state index contributed by atoms with van der Waals surface area (Å²) < 4.78 is 7.37. The van der Waals surface area contributed by atoms with Crippen molar-refractivity contribution in [3.63, 3.8) is 0 Å². The molecule has 0 radical (unpaired) electrons. The number of likely N-dealkylation sites (tertiary alicyclic amines) is 1. The van der Waals surface area contributed by atoms with Crippen LogP contribution in [0.3, 0.4) is 0 Å². The van der Waals surface area contributed by atoms with E-state index >= 15 is 0 Å². The van der Waals surface area contributed by atoms with Crippen LogP contribution in [0.15, 0.2) is 12.3 Å². The van der Waals surface area contributed by atoms with Gasteiger partial charge in [0.15, 0.2) is 0 Å². The summed E-state index contributed by atoms with van der Waals surface area (Å²) in [7, 11) is 0. The van der Waals surface area contributed by atoms with Gasteiger partial charge in [0.05, 0.1) is 5.92 Å². The minimum Gasteiger partial charge on any atom is -0.481 e. The number of rotatable bonds is 3. The van der Waals surface area contributed by atoms with Gasteiger partial charge >= 0.3 is 5.97 Å². The normalized spacial score (nSPS) is 23.5. The van der Waals surface area contributed by atoms with Gasteiger partial charge in [-0.25, -0.2) is 4.68 Å². The quantitative estimate of drug-likeness (QED) is 0.915. The predicted octanol–water partition coefficient (Wildman–Crippen LogP) is 1.52. The highest BCUT2D eigenvalue weighted by molar-refractivity contribution is 5.92. The number of ether oxygens (including phenoxy) is 1. The summed E-state index contributed by atoms with van der Waals surface area (Å²) >= 11 is 0. The first kappa shape index (κ1) is 15.0. The lowest BCUT2D eigenvalue weighted by Crippen LogP contribution is -2.40. The number of piperidine rings is 1. The lowest BCUT2D eigenvalue weighted by atomic mass is 9.97. The van der Waals surface area contributed by atoms with E-state index in [1.807, 2.05) is 0 Å². The molecule has 1 N–H and O–H groups in total. The molecule has 1 amide bonds. The maximum Gasteiger partial charge on any atom is 0.306 e. The summed E-state index contributed by atoms with van der Waals surface area (Å²) in [5.74, 6) is -1.23. The Balaban J connectivity index is 1.61. The van der Waals surface area contributed by atoms with Crippen molar-refractivity contribution in [1.82, 2.24) is 14.7 Å². The van der Waals surface area contributed by atoms with Crippen LogP contribution in [0.25, 0.3) is 0 Å². The zero-order chi connectivity index (χ0) is 15.5. The number of carbonyl (C=O) groups is 2. The average Bonchev–Trinajstić information content (AvgIpc) is 3.05. The van der Waals surface area contributed by atoms with Crippen molar-refractivity contribution >= 4 is 11.9 Å². The van der Waals surface area contributed by atoms with Crippen LogP contribution in [0.5, 0.6) is 0 Å². The summed E-state index contributed by atoms with van der Waals surface area (Å²) in [5.41, 5.74) is 0.406. The van der Waals surface area contributed by atoms with Crippen LogP contribution in [0, 0.1) is 5.92 Å². The third-order valence-corrected chi connectivity index (χ3v) is 4.41. The van der Waals surface area contributed by atoms with E-state index in [-0.39, 0.29) is 18.1 Å². The molecule has 0 aromatic carbocycles. The molecule has 0 aliphatic carbocycles. The Morgan fingerprint density at radius 2 is 2.00 bits per heavy atom. The summed E-state index contributed by atoms with van der Waals surface area (Å²) in [4.78, 5) is 25.1. The van der Waals surface area contributed by atoms with Crippen LogP contribution in [0.1, 0.15) is 48.8 Å². The van der Waals surface area contributed by atoms with E-state index < -0.39 is 5.97 Å². The number of aliphatic carboxylic acids is 1. The Kier molecular flexibility index (Phi) is 4.42. The SMILES string of the molecule is O=C(O)C1CCN(C(=O)c2ccn(C3CCCCO3)n2)CC1. The maximum absolute atomic E-state index is 12.4. The molecule has 0 saturated carbocycles. The third-order valence-electron chi connectivity index (χ3n) is 4.41. The second-order valence-electron chi connectivity index (χ2n) is 5.91. The lowest BCUT2D eigenvalue weighted by molar-refractivity contribution is -0.143. The first-order valence-electron chi connectivity index (χ1n) is 7.84. The molecular weight excluding hydrogens is 286 g/mol. The molecule has 7 nitrogen and oxygen atoms in total. The topological polar surface area (TPSA) is 84.7 Å². The molecule has 22 heavy (non-hydrogen) atoms. The molecule has 1 aromatic heterocycles. The van der Waals surface area contributed by atoms with Crippen LogP contribution in [-0.2, 0) is 9.53 Å². The molecule has 2 aliphatic heterocycles. The molecule has 3 heterocycles. The van der Waals surface area contributed by atoms with Gasteiger partial charge in [0.2, 0.25) is 0 Å². The summed E-state index contributed by atoms with van der Waals surface area (Å²) in [6.45, 7) is 1.68. The van der Waals surface area contributed by atoms with Crippen molar-refractivity contribution < 1.29 is 19.4 Å². The Morgan fingerprint density at radius 1 is 1.23 bits per heavy atom. The number of amides is 1. The second kappa shape index (κ2) is 6.48. The van der Waals surface area contributed by atoms with Crippen molar-refractivity contribution in [3.05, 3.63) is 18.0 Å². The largest absolute Gasteiger partial charge is 0.481 e. The number of nitrogens with zero attached hydrogens (tertiary/aromatic N) is 3. The van der Waals surface area contributed by atoms with Gasteiger partial charge < -0.3 is 14.7 Å². The zero-order valence-corrected chi connectivity index (χ0v) is 12.5. The van der Waals surface area contributed by atoms with Gasteiger partial charge in [0.1, 0.15) is 11.9 Å². The van der Waals surface area contributed by atoms with Crippen molar-refractivity contribution in [1.29, 1.82) is 0 Å². The van der Waals surface area contributed by atoms with Gasteiger partial charge in [-0.05, 0) is 38.2 Å². The number of carbonyl (C=O) groups excluding carboxylic acids is 1. The minimum atomic E-state index is -0.772. The van der Waals surface area contributed by atoms with Gasteiger partial charge in [0.25, 0.3) is 5.91 Å². The van der Waals surface area contributed by atoms with Gasteiger partial charge in [-0.3, -0.25) is 9.59 Å². The van der Waals surface area contributed by atoms with Crippen LogP contribution in [0.4, 0.5) is 0 Å². The molecule has 3 rings (SSSR count). The molecule has 120 valence electrons. The summed E-state index contributed by atoms with van der Waals surface area (Å²) in [6, 6.07) is 1.71. The Hall–Kier alpha value is -1.89. The van der Waals surface area contributed by atoms with Gasteiger partial charge in [-0.15, -0.1) is 0 Å². The molecule has 2 saturated heterocycles. The maximum atomic E-state index is 12.4. The molecule has 2 aliphatic rings. The second-order valence-corrected chi connectivity index (χ2v) is 5.91. The van der Waals surface area contributed by atoms with E-state index in [1.165, 1.54) is 0 Å². The van der Waals surface area contributed by atoms with E-state index in [0.717, 1.165) is 25.9 Å². The van der Waals surface area contributed by atoms with E-state index in [0.29, 0.717) is 31.6 Å². The van der Waals surface area contributed by atoms with Gasteiger partial charge in [0, 0.05) is 25.9 Å². The van der Waals surface area contributed by atoms with Gasteiger partial charge in [-0.2, -0.15) is 5.10 Å². The molecule has 0 spiro atoms. The minimum absolute atomic E-state index is 0.0759. The summed E-state index contributed by atoms with van der Waals surface area (Å²) in [6.07, 6.45) is 5.82. The van der Waals surface area contributed by atoms with Crippen LogP contribution in [0.2, 0.25) is 0 Å². The Morgan fingerprint density at radius 3 is 2.64 bits per heavy atom. The summed E-state index contributed by atoms with van der Waals surface area (Å²) in [5, 5.41) is 13.3. The number of carboxylic acid groups (broad SMARTS) is 1. The monoisotopic (exact) mass is 307 g/mol. The Bertz CT molecular complexity index is 543. The molecule has 7 heteroatoms. The lowest BCUT2D eigenvalue weighted by Gasteiger charge is -2.29. The number of carboxylic acids is 1. The van der Waals surface area contributed by atoms with Crippen LogP contribution < -0.4 is 0 Å². The molecule has 0 bridgehead atoms.